The van der Waals surface area contributed by atoms with Crippen molar-refractivity contribution in [2.24, 2.45) is 0 Å². The van der Waals surface area contributed by atoms with E-state index >= 15 is 0 Å². The quantitative estimate of drug-likeness (QED) is 0.738. The van der Waals surface area contributed by atoms with Gasteiger partial charge in [-0.05, 0) is 45.0 Å². The van der Waals surface area contributed by atoms with Crippen molar-refractivity contribution >= 4 is 0 Å². The number of aromatic nitrogens is 4. The Morgan fingerprint density at radius 1 is 1.12 bits per heavy atom. The molecule has 0 saturated heterocycles. The van der Waals surface area contributed by atoms with Crippen LogP contribution in [0.25, 0.3) is 17.2 Å². The molecule has 0 aliphatic carbocycles. The summed E-state index contributed by atoms with van der Waals surface area (Å²) in [4.78, 5) is 8.86. The van der Waals surface area contributed by atoms with Crippen LogP contribution in [-0.4, -0.2) is 30.5 Å². The van der Waals surface area contributed by atoms with Gasteiger partial charge in [-0.3, -0.25) is 0 Å². The van der Waals surface area contributed by atoms with Gasteiger partial charge in [0.05, 0.1) is 0 Å². The van der Waals surface area contributed by atoms with E-state index in [2.05, 4.69) is 26.9 Å². The summed E-state index contributed by atoms with van der Waals surface area (Å²) in [5.41, 5.74) is 0.673. The predicted octanol–water partition coefficient (Wildman–Crippen LogP) is 2.76. The van der Waals surface area contributed by atoms with Gasteiger partial charge in [0.1, 0.15) is 11.4 Å². The number of hydrogen-bond donors (Lipinski definition) is 1. The minimum Gasteiger partial charge on any atom is -0.378 e. The molecule has 5 heteroatoms. The Bertz CT molecular complexity index is 912. The summed E-state index contributed by atoms with van der Waals surface area (Å²) in [6.07, 6.45) is 1.72. The molecule has 24 heavy (non-hydrogen) atoms. The zero-order valence-corrected chi connectivity index (χ0v) is 13.9. The number of hydrogen-bond acceptors (Lipinski definition) is 4. The van der Waals surface area contributed by atoms with E-state index in [1.807, 2.05) is 49.4 Å². The smallest absolute Gasteiger partial charge is 0.165 e. The second kappa shape index (κ2) is 6.26. The van der Waals surface area contributed by atoms with Crippen molar-refractivity contribution < 1.29 is 5.11 Å². The molecule has 2 heterocycles. The summed E-state index contributed by atoms with van der Waals surface area (Å²) in [6, 6.07) is 13.4. The first-order chi connectivity index (χ1) is 11.4. The van der Waals surface area contributed by atoms with Crippen LogP contribution in [0.3, 0.4) is 0 Å². The van der Waals surface area contributed by atoms with E-state index in [9.17, 15) is 5.11 Å². The summed E-state index contributed by atoms with van der Waals surface area (Å²) >= 11 is 0. The fraction of sp³-hybridized carbons (Fsp3) is 0.211. The van der Waals surface area contributed by atoms with Gasteiger partial charge in [0, 0.05) is 17.3 Å². The molecule has 0 aliphatic heterocycles. The van der Waals surface area contributed by atoms with E-state index in [4.69, 9.17) is 0 Å². The third-order valence-electron chi connectivity index (χ3n) is 3.21. The third kappa shape index (κ3) is 3.67. The Labute approximate surface area is 141 Å². The zero-order chi connectivity index (χ0) is 17.2. The highest BCUT2D eigenvalue weighted by Crippen LogP contribution is 2.21. The van der Waals surface area contributed by atoms with Crippen molar-refractivity contribution in [3.05, 3.63) is 60.0 Å². The fourth-order valence-corrected chi connectivity index (χ4v) is 2.20. The molecule has 0 radical (unpaired) electrons. The van der Waals surface area contributed by atoms with E-state index in [0.29, 0.717) is 17.5 Å². The number of rotatable bonds is 2. The lowest BCUT2D eigenvalue weighted by molar-refractivity contribution is 0.143. The highest BCUT2D eigenvalue weighted by atomic mass is 16.3. The van der Waals surface area contributed by atoms with Crippen molar-refractivity contribution in [1.29, 1.82) is 0 Å². The molecule has 1 N–H and O–H groups in total. The Morgan fingerprint density at radius 2 is 1.96 bits per heavy atom. The van der Waals surface area contributed by atoms with Crippen LogP contribution in [0.4, 0.5) is 0 Å². The summed E-state index contributed by atoms with van der Waals surface area (Å²) in [7, 11) is 0. The van der Waals surface area contributed by atoms with Crippen LogP contribution in [0.1, 0.15) is 25.2 Å². The molecular formula is C19H18N4O. The fourth-order valence-electron chi connectivity index (χ4n) is 2.20. The number of benzene rings is 1. The van der Waals surface area contributed by atoms with Crippen LogP contribution >= 0.6 is 0 Å². The minimum absolute atomic E-state index is 0.670. The summed E-state index contributed by atoms with van der Waals surface area (Å²) in [5.74, 6) is 7.89. The van der Waals surface area contributed by atoms with Crippen molar-refractivity contribution in [2.45, 2.75) is 26.4 Å². The van der Waals surface area contributed by atoms with Crippen LogP contribution in [0.5, 0.6) is 0 Å². The second-order valence-corrected chi connectivity index (χ2v) is 5.97. The normalized spacial score (nSPS) is 11.0. The van der Waals surface area contributed by atoms with E-state index in [0.717, 1.165) is 11.1 Å². The van der Waals surface area contributed by atoms with Gasteiger partial charge in [-0.25, -0.2) is 9.97 Å². The average Bonchev–Trinajstić information content (AvgIpc) is 2.95. The van der Waals surface area contributed by atoms with Gasteiger partial charge in [0.2, 0.25) is 0 Å². The first kappa shape index (κ1) is 15.9. The zero-order valence-electron chi connectivity index (χ0n) is 13.9. The second-order valence-electron chi connectivity index (χ2n) is 5.97. The predicted molar refractivity (Wildman–Crippen MR) is 92.5 cm³/mol. The van der Waals surface area contributed by atoms with Crippen LogP contribution in [0.15, 0.2) is 48.7 Å². The summed E-state index contributed by atoms with van der Waals surface area (Å²) < 4.78 is 1.72. The Balaban J connectivity index is 2.06. The maximum atomic E-state index is 9.75. The van der Waals surface area contributed by atoms with Crippen LogP contribution in [0.2, 0.25) is 0 Å². The van der Waals surface area contributed by atoms with Crippen molar-refractivity contribution in [2.75, 3.05) is 0 Å². The van der Waals surface area contributed by atoms with Crippen LogP contribution < -0.4 is 0 Å². The van der Waals surface area contributed by atoms with Gasteiger partial charge in [-0.1, -0.05) is 30.0 Å². The van der Waals surface area contributed by atoms with Crippen LogP contribution in [0, 0.1) is 18.8 Å². The van der Waals surface area contributed by atoms with Crippen molar-refractivity contribution in [3.63, 3.8) is 0 Å². The molecule has 0 bridgehead atoms. The van der Waals surface area contributed by atoms with E-state index in [-0.39, 0.29) is 0 Å². The monoisotopic (exact) mass is 318 g/mol. The molecular weight excluding hydrogens is 300 g/mol. The number of pyridine rings is 1. The lowest BCUT2D eigenvalue weighted by atomic mass is 10.1. The van der Waals surface area contributed by atoms with Gasteiger partial charge < -0.3 is 5.11 Å². The highest BCUT2D eigenvalue weighted by Gasteiger charge is 2.13. The van der Waals surface area contributed by atoms with Gasteiger partial charge in [-0.15, -0.1) is 5.10 Å². The first-order valence-corrected chi connectivity index (χ1v) is 7.63. The molecule has 2 aromatic heterocycles. The molecule has 0 unspecified atom stereocenters. The number of nitrogens with zero attached hydrogens (tertiary/aromatic N) is 4. The topological polar surface area (TPSA) is 63.8 Å². The number of aliphatic hydroxyl groups is 1. The van der Waals surface area contributed by atoms with Crippen molar-refractivity contribution in [1.82, 2.24) is 19.7 Å². The molecule has 0 saturated carbocycles. The van der Waals surface area contributed by atoms with E-state index in [1.54, 1.807) is 24.7 Å². The molecule has 3 aromatic rings. The minimum atomic E-state index is -1.03. The lowest BCUT2D eigenvalue weighted by Gasteiger charge is -2.07. The summed E-state index contributed by atoms with van der Waals surface area (Å²) in [5, 5.41) is 14.2. The van der Waals surface area contributed by atoms with E-state index in [1.165, 1.54) is 0 Å². The maximum Gasteiger partial charge on any atom is 0.165 e. The Morgan fingerprint density at radius 3 is 2.67 bits per heavy atom. The first-order valence-electron chi connectivity index (χ1n) is 7.63. The summed E-state index contributed by atoms with van der Waals surface area (Å²) in [6.45, 7) is 5.16. The molecule has 0 amide bonds. The molecule has 0 fully saturated rings. The molecule has 0 spiro atoms. The van der Waals surface area contributed by atoms with Gasteiger partial charge in [0.25, 0.3) is 0 Å². The van der Waals surface area contributed by atoms with Gasteiger partial charge in [0.15, 0.2) is 11.6 Å². The standard InChI is InChI=1S/C19H18N4O/c1-14-21-18(23(22-14)17-9-4-5-12-20-17)16-8-6-7-15(13-16)10-11-19(2,3)24/h4-9,12-13,24H,1-3H3. The largest absolute Gasteiger partial charge is 0.378 e. The van der Waals surface area contributed by atoms with Gasteiger partial charge in [-0.2, -0.15) is 4.68 Å². The molecule has 0 atom stereocenters. The Hall–Kier alpha value is -2.97. The number of aryl methyl sites for hydroxylation is 1. The SMILES string of the molecule is Cc1nc(-c2cccc(C#CC(C)(C)O)c2)n(-c2ccccn2)n1. The average molecular weight is 318 g/mol. The van der Waals surface area contributed by atoms with Crippen molar-refractivity contribution in [3.8, 4) is 29.0 Å². The molecule has 120 valence electrons. The Kier molecular flexibility index (Phi) is 4.15. The van der Waals surface area contributed by atoms with E-state index < -0.39 is 5.60 Å². The molecule has 3 rings (SSSR count). The molecule has 1 aromatic carbocycles. The third-order valence-corrected chi connectivity index (χ3v) is 3.21. The molecule has 5 nitrogen and oxygen atoms in total. The highest BCUT2D eigenvalue weighted by molar-refractivity contribution is 5.60. The maximum absolute atomic E-state index is 9.75. The van der Waals surface area contributed by atoms with Gasteiger partial charge >= 0.3 is 0 Å². The van der Waals surface area contributed by atoms with Crippen LogP contribution in [-0.2, 0) is 0 Å². The molecule has 0 aliphatic rings. The lowest BCUT2D eigenvalue weighted by Crippen LogP contribution is -2.14.